The second-order valence-corrected chi connectivity index (χ2v) is 5.12. The van der Waals surface area contributed by atoms with Gasteiger partial charge in [-0.1, -0.05) is 12.1 Å². The number of aromatic nitrogens is 1. The van der Waals surface area contributed by atoms with Gasteiger partial charge in [-0.3, -0.25) is 9.59 Å². The third-order valence-electron chi connectivity index (χ3n) is 2.48. The van der Waals surface area contributed by atoms with Crippen LogP contribution in [0.4, 0.5) is 0 Å². The molecule has 1 atom stereocenters. The molecule has 0 aliphatic rings. The van der Waals surface area contributed by atoms with Crippen LogP contribution in [0.1, 0.15) is 22.3 Å². The Morgan fingerprint density at radius 1 is 1.39 bits per heavy atom. The second kappa shape index (κ2) is 5.64. The van der Waals surface area contributed by atoms with Crippen molar-refractivity contribution in [1.29, 1.82) is 0 Å². The first-order valence-electron chi connectivity index (χ1n) is 5.68. The molecule has 0 fully saturated rings. The average Bonchev–Trinajstić information content (AvgIpc) is 2.81. The monoisotopic (exact) mass is 262 g/mol. The van der Waals surface area contributed by atoms with Gasteiger partial charge in [0.2, 0.25) is 5.56 Å². The fraction of sp³-hybridized carbons (Fsp3) is 0.231. The predicted octanol–water partition coefficient (Wildman–Crippen LogP) is 1.80. The summed E-state index contributed by atoms with van der Waals surface area (Å²) < 4.78 is 0. The van der Waals surface area contributed by atoms with Crippen molar-refractivity contribution in [2.45, 2.75) is 19.4 Å². The van der Waals surface area contributed by atoms with Crippen molar-refractivity contribution >= 4 is 17.2 Å². The summed E-state index contributed by atoms with van der Waals surface area (Å²) >= 11 is 1.67. The van der Waals surface area contributed by atoms with Crippen LogP contribution >= 0.6 is 11.3 Å². The standard InChI is InChI=1S/C13H14N2O2S/c1-9(8-10-4-3-7-18-10)14-13(17)11-5-2-6-12(16)15-11/h2-7,9H,8H2,1H3,(H,14,17)(H,15,16). The van der Waals surface area contributed by atoms with Crippen LogP contribution in [0.2, 0.25) is 0 Å². The molecule has 0 aliphatic heterocycles. The van der Waals surface area contributed by atoms with Crippen molar-refractivity contribution in [2.24, 2.45) is 0 Å². The molecule has 0 spiro atoms. The number of amides is 1. The Labute approximate surface area is 109 Å². The number of H-pyrrole nitrogens is 1. The van der Waals surface area contributed by atoms with Gasteiger partial charge in [0.15, 0.2) is 0 Å². The molecule has 0 aliphatic carbocycles. The molecule has 0 radical (unpaired) electrons. The van der Waals surface area contributed by atoms with Crippen LogP contribution in [-0.4, -0.2) is 16.9 Å². The molecule has 0 saturated heterocycles. The number of thiophene rings is 1. The number of pyridine rings is 1. The van der Waals surface area contributed by atoms with Crippen molar-refractivity contribution in [1.82, 2.24) is 10.3 Å². The molecule has 2 heterocycles. The lowest BCUT2D eigenvalue weighted by Gasteiger charge is -2.12. The summed E-state index contributed by atoms with van der Waals surface area (Å²) in [5.41, 5.74) is 0.0223. The zero-order valence-corrected chi connectivity index (χ0v) is 10.8. The van der Waals surface area contributed by atoms with E-state index in [1.165, 1.54) is 10.9 Å². The van der Waals surface area contributed by atoms with Gasteiger partial charge in [-0.2, -0.15) is 0 Å². The quantitative estimate of drug-likeness (QED) is 0.882. The third-order valence-corrected chi connectivity index (χ3v) is 3.38. The number of rotatable bonds is 4. The van der Waals surface area contributed by atoms with Crippen LogP contribution in [0.25, 0.3) is 0 Å². The van der Waals surface area contributed by atoms with Crippen molar-refractivity contribution in [3.05, 3.63) is 56.6 Å². The van der Waals surface area contributed by atoms with Crippen LogP contribution in [0, 0.1) is 0 Å². The van der Waals surface area contributed by atoms with E-state index >= 15 is 0 Å². The van der Waals surface area contributed by atoms with Gasteiger partial charge in [0.1, 0.15) is 5.69 Å². The highest BCUT2D eigenvalue weighted by Gasteiger charge is 2.11. The van der Waals surface area contributed by atoms with E-state index in [1.54, 1.807) is 23.5 Å². The molecule has 0 saturated carbocycles. The molecule has 1 unspecified atom stereocenters. The Kier molecular flexibility index (Phi) is 3.94. The summed E-state index contributed by atoms with van der Waals surface area (Å²) in [7, 11) is 0. The topological polar surface area (TPSA) is 62.0 Å². The van der Waals surface area contributed by atoms with Gasteiger partial charge >= 0.3 is 0 Å². The Hall–Kier alpha value is -1.88. The van der Waals surface area contributed by atoms with E-state index in [-0.39, 0.29) is 17.5 Å². The highest BCUT2D eigenvalue weighted by atomic mass is 32.1. The molecular formula is C13H14N2O2S. The lowest BCUT2D eigenvalue weighted by atomic mass is 10.2. The van der Waals surface area contributed by atoms with Crippen LogP contribution in [-0.2, 0) is 6.42 Å². The molecular weight excluding hydrogens is 248 g/mol. The number of carbonyl (C=O) groups excluding carboxylic acids is 1. The first-order chi connectivity index (χ1) is 8.65. The number of aromatic amines is 1. The van der Waals surface area contributed by atoms with E-state index in [9.17, 15) is 9.59 Å². The van der Waals surface area contributed by atoms with Gasteiger partial charge in [-0.15, -0.1) is 11.3 Å². The van der Waals surface area contributed by atoms with Crippen molar-refractivity contribution in [3.63, 3.8) is 0 Å². The molecule has 94 valence electrons. The van der Waals surface area contributed by atoms with Crippen molar-refractivity contribution in [2.75, 3.05) is 0 Å². The van der Waals surface area contributed by atoms with Gasteiger partial charge in [0.25, 0.3) is 5.91 Å². The van der Waals surface area contributed by atoms with Gasteiger partial charge in [-0.05, 0) is 24.4 Å². The number of hydrogen-bond acceptors (Lipinski definition) is 3. The van der Waals surface area contributed by atoms with Crippen molar-refractivity contribution < 1.29 is 4.79 Å². The van der Waals surface area contributed by atoms with Gasteiger partial charge in [-0.25, -0.2) is 0 Å². The average molecular weight is 262 g/mol. The van der Waals surface area contributed by atoms with E-state index in [0.29, 0.717) is 5.69 Å². The Morgan fingerprint density at radius 2 is 2.22 bits per heavy atom. The molecule has 5 heteroatoms. The molecule has 2 rings (SSSR count). The Morgan fingerprint density at radius 3 is 2.89 bits per heavy atom. The summed E-state index contributed by atoms with van der Waals surface area (Å²) in [6.07, 6.45) is 0.792. The largest absolute Gasteiger partial charge is 0.348 e. The summed E-state index contributed by atoms with van der Waals surface area (Å²) in [5.74, 6) is -0.253. The van der Waals surface area contributed by atoms with E-state index in [0.717, 1.165) is 6.42 Å². The van der Waals surface area contributed by atoms with Crippen LogP contribution in [0.15, 0.2) is 40.5 Å². The van der Waals surface area contributed by atoms with E-state index in [4.69, 9.17) is 0 Å². The summed E-state index contributed by atoms with van der Waals surface area (Å²) in [6, 6.07) is 8.60. The lowest BCUT2D eigenvalue weighted by molar-refractivity contribution is 0.0935. The summed E-state index contributed by atoms with van der Waals surface area (Å²) in [5, 5.41) is 4.87. The maximum absolute atomic E-state index is 11.9. The van der Waals surface area contributed by atoms with E-state index < -0.39 is 0 Å². The normalized spacial score (nSPS) is 12.1. The lowest BCUT2D eigenvalue weighted by Crippen LogP contribution is -2.35. The molecule has 2 aromatic rings. The summed E-state index contributed by atoms with van der Waals surface area (Å²) in [6.45, 7) is 1.94. The first-order valence-corrected chi connectivity index (χ1v) is 6.55. The van der Waals surface area contributed by atoms with Crippen molar-refractivity contribution in [3.8, 4) is 0 Å². The van der Waals surface area contributed by atoms with Gasteiger partial charge in [0, 0.05) is 23.4 Å². The maximum atomic E-state index is 11.9. The maximum Gasteiger partial charge on any atom is 0.268 e. The van der Waals surface area contributed by atoms with Gasteiger partial charge < -0.3 is 10.3 Å². The van der Waals surface area contributed by atoms with Crippen LogP contribution in [0.3, 0.4) is 0 Å². The van der Waals surface area contributed by atoms with Crippen LogP contribution in [0.5, 0.6) is 0 Å². The summed E-state index contributed by atoms with van der Waals surface area (Å²) in [4.78, 5) is 26.7. The smallest absolute Gasteiger partial charge is 0.268 e. The number of carbonyl (C=O) groups is 1. The highest BCUT2D eigenvalue weighted by molar-refractivity contribution is 7.09. The molecule has 1 amide bonds. The Balaban J connectivity index is 1.97. The Bertz CT molecular complexity index is 575. The minimum absolute atomic E-state index is 0.0276. The zero-order chi connectivity index (χ0) is 13.0. The number of hydrogen-bond donors (Lipinski definition) is 2. The minimum atomic E-state index is -0.270. The number of nitrogens with one attached hydrogen (secondary N) is 2. The van der Waals surface area contributed by atoms with E-state index in [2.05, 4.69) is 10.3 Å². The molecule has 0 aromatic carbocycles. The molecule has 4 nitrogen and oxygen atoms in total. The molecule has 2 aromatic heterocycles. The zero-order valence-electron chi connectivity index (χ0n) is 9.97. The first kappa shape index (κ1) is 12.6. The minimum Gasteiger partial charge on any atom is -0.348 e. The predicted molar refractivity (Wildman–Crippen MR) is 72.0 cm³/mol. The highest BCUT2D eigenvalue weighted by Crippen LogP contribution is 2.11. The van der Waals surface area contributed by atoms with Gasteiger partial charge in [0.05, 0.1) is 0 Å². The second-order valence-electron chi connectivity index (χ2n) is 4.09. The molecule has 0 bridgehead atoms. The van der Waals surface area contributed by atoms with E-state index in [1.807, 2.05) is 24.4 Å². The fourth-order valence-electron chi connectivity index (χ4n) is 1.66. The van der Waals surface area contributed by atoms with Crippen LogP contribution < -0.4 is 10.9 Å². The third kappa shape index (κ3) is 3.30. The fourth-order valence-corrected chi connectivity index (χ4v) is 2.50. The molecule has 2 N–H and O–H groups in total. The molecule has 18 heavy (non-hydrogen) atoms. The SMILES string of the molecule is CC(Cc1cccs1)NC(=O)c1cccc(=O)[nH]1.